The average Bonchev–Trinajstić information content (AvgIpc) is 2.88. The summed E-state index contributed by atoms with van der Waals surface area (Å²) in [6, 6.07) is 7.88. The average molecular weight is 311 g/mol. The zero-order chi connectivity index (χ0) is 13.0. The number of nitrogens with one attached hydrogen (secondary N) is 1. The van der Waals surface area contributed by atoms with Crippen molar-refractivity contribution < 1.29 is 9.15 Å². The van der Waals surface area contributed by atoms with Crippen LogP contribution in [0.25, 0.3) is 0 Å². The van der Waals surface area contributed by atoms with Crippen LogP contribution in [0.3, 0.4) is 0 Å². The number of halogens is 1. The number of ether oxygens (including phenoxy) is 1. The maximum Gasteiger partial charge on any atom is 0.133 e. The van der Waals surface area contributed by atoms with Crippen molar-refractivity contribution in [1.29, 1.82) is 0 Å². The van der Waals surface area contributed by atoms with E-state index in [1.54, 1.807) is 19.6 Å². The lowest BCUT2D eigenvalue weighted by molar-refractivity contribution is 0.411. The van der Waals surface area contributed by atoms with E-state index in [-0.39, 0.29) is 6.04 Å². The number of methoxy groups -OCH3 is 1. The number of rotatable bonds is 5. The van der Waals surface area contributed by atoms with Crippen LogP contribution in [0.15, 0.2) is 45.7 Å². The molecule has 0 fully saturated rings. The molecule has 3 N–H and O–H groups in total. The molecule has 0 aliphatic rings. The third-order valence-electron chi connectivity index (χ3n) is 2.80. The van der Waals surface area contributed by atoms with Gasteiger partial charge in [-0.15, -0.1) is 0 Å². The quantitative estimate of drug-likeness (QED) is 0.658. The molecule has 0 bridgehead atoms. The second kappa shape index (κ2) is 6.04. The van der Waals surface area contributed by atoms with Crippen LogP contribution in [-0.2, 0) is 6.42 Å². The minimum atomic E-state index is 0.0322. The van der Waals surface area contributed by atoms with E-state index in [4.69, 9.17) is 15.0 Å². The second-order valence-electron chi connectivity index (χ2n) is 3.95. The van der Waals surface area contributed by atoms with E-state index in [1.807, 2.05) is 24.3 Å². The Bertz CT molecular complexity index is 500. The standard InChI is InChI=1S/C13H15BrN2O2/c1-17-13-3-2-10(7-11(13)14)12(16-15)6-9-4-5-18-8-9/h2-5,7-8,12,16H,6,15H2,1H3. The Kier molecular flexibility index (Phi) is 4.41. The van der Waals surface area contributed by atoms with Crippen molar-refractivity contribution in [1.82, 2.24) is 5.43 Å². The van der Waals surface area contributed by atoms with E-state index in [0.717, 1.165) is 27.8 Å². The Morgan fingerprint density at radius 3 is 2.83 bits per heavy atom. The van der Waals surface area contributed by atoms with Gasteiger partial charge in [-0.25, -0.2) is 0 Å². The minimum absolute atomic E-state index is 0.0322. The van der Waals surface area contributed by atoms with Crippen molar-refractivity contribution in [3.05, 3.63) is 52.4 Å². The molecule has 0 aliphatic heterocycles. The van der Waals surface area contributed by atoms with Gasteiger partial charge in [-0.1, -0.05) is 6.07 Å². The van der Waals surface area contributed by atoms with Crippen molar-refractivity contribution in [2.75, 3.05) is 7.11 Å². The molecule has 0 aliphatic carbocycles. The molecule has 0 amide bonds. The van der Waals surface area contributed by atoms with Crippen LogP contribution in [0.5, 0.6) is 5.75 Å². The first-order chi connectivity index (χ1) is 8.74. The minimum Gasteiger partial charge on any atom is -0.496 e. The van der Waals surface area contributed by atoms with Crippen LogP contribution in [0, 0.1) is 0 Å². The lowest BCUT2D eigenvalue weighted by atomic mass is 10.0. The van der Waals surface area contributed by atoms with Gasteiger partial charge < -0.3 is 9.15 Å². The van der Waals surface area contributed by atoms with Crippen LogP contribution < -0.4 is 16.0 Å². The van der Waals surface area contributed by atoms with Gasteiger partial charge in [0.2, 0.25) is 0 Å². The third-order valence-corrected chi connectivity index (χ3v) is 3.42. The van der Waals surface area contributed by atoms with Crippen LogP contribution in [-0.4, -0.2) is 7.11 Å². The first-order valence-corrected chi connectivity index (χ1v) is 6.34. The van der Waals surface area contributed by atoms with Crippen molar-refractivity contribution in [3.8, 4) is 5.75 Å². The maximum atomic E-state index is 5.61. The molecule has 2 aromatic rings. The van der Waals surface area contributed by atoms with Gasteiger partial charge in [-0.3, -0.25) is 11.3 Å². The van der Waals surface area contributed by atoms with Gasteiger partial charge in [-0.2, -0.15) is 0 Å². The van der Waals surface area contributed by atoms with Crippen molar-refractivity contribution in [3.63, 3.8) is 0 Å². The van der Waals surface area contributed by atoms with Gasteiger partial charge in [0.25, 0.3) is 0 Å². The predicted octanol–water partition coefficient (Wildman–Crippen LogP) is 2.80. The van der Waals surface area contributed by atoms with Crippen LogP contribution >= 0.6 is 15.9 Å². The smallest absolute Gasteiger partial charge is 0.133 e. The fourth-order valence-electron chi connectivity index (χ4n) is 1.82. The van der Waals surface area contributed by atoms with E-state index in [9.17, 15) is 0 Å². The van der Waals surface area contributed by atoms with Crippen LogP contribution in [0.2, 0.25) is 0 Å². The molecule has 1 aromatic heterocycles. The van der Waals surface area contributed by atoms with Crippen LogP contribution in [0.4, 0.5) is 0 Å². The summed E-state index contributed by atoms with van der Waals surface area (Å²) in [4.78, 5) is 0. The molecule has 2 rings (SSSR count). The summed E-state index contributed by atoms with van der Waals surface area (Å²) in [6.45, 7) is 0. The van der Waals surface area contributed by atoms with E-state index in [1.165, 1.54) is 0 Å². The Morgan fingerprint density at radius 2 is 2.28 bits per heavy atom. The lowest BCUT2D eigenvalue weighted by Crippen LogP contribution is -2.29. The van der Waals surface area contributed by atoms with Gasteiger partial charge in [0.05, 0.1) is 30.2 Å². The van der Waals surface area contributed by atoms with Gasteiger partial charge in [0.1, 0.15) is 5.75 Å². The summed E-state index contributed by atoms with van der Waals surface area (Å²) >= 11 is 3.47. The molecule has 5 heteroatoms. The third kappa shape index (κ3) is 2.93. The molecule has 4 nitrogen and oxygen atoms in total. The number of hydrazine groups is 1. The number of furan rings is 1. The topological polar surface area (TPSA) is 60.4 Å². The highest BCUT2D eigenvalue weighted by atomic mass is 79.9. The molecule has 0 spiro atoms. The molecular weight excluding hydrogens is 296 g/mol. The fraction of sp³-hybridized carbons (Fsp3) is 0.231. The normalized spacial score (nSPS) is 12.4. The zero-order valence-electron chi connectivity index (χ0n) is 10.0. The second-order valence-corrected chi connectivity index (χ2v) is 4.80. The maximum absolute atomic E-state index is 5.61. The summed E-state index contributed by atoms with van der Waals surface area (Å²) in [5.41, 5.74) is 5.01. The van der Waals surface area contributed by atoms with Gasteiger partial charge in [0.15, 0.2) is 0 Å². The van der Waals surface area contributed by atoms with Crippen LogP contribution in [0.1, 0.15) is 17.2 Å². The van der Waals surface area contributed by atoms with Gasteiger partial charge >= 0.3 is 0 Å². The molecule has 1 aromatic carbocycles. The van der Waals surface area contributed by atoms with E-state index >= 15 is 0 Å². The molecule has 96 valence electrons. The summed E-state index contributed by atoms with van der Waals surface area (Å²) in [5, 5.41) is 0. The number of benzene rings is 1. The highest BCUT2D eigenvalue weighted by molar-refractivity contribution is 9.10. The summed E-state index contributed by atoms with van der Waals surface area (Å²) in [5.74, 6) is 6.42. The summed E-state index contributed by atoms with van der Waals surface area (Å²) in [6.07, 6.45) is 4.15. The lowest BCUT2D eigenvalue weighted by Gasteiger charge is -2.16. The first-order valence-electron chi connectivity index (χ1n) is 5.55. The SMILES string of the molecule is COc1ccc(C(Cc2ccoc2)NN)cc1Br. The molecule has 1 unspecified atom stereocenters. The summed E-state index contributed by atoms with van der Waals surface area (Å²) < 4.78 is 11.2. The van der Waals surface area contributed by atoms with E-state index < -0.39 is 0 Å². The van der Waals surface area contributed by atoms with Crippen molar-refractivity contribution in [2.45, 2.75) is 12.5 Å². The molecule has 18 heavy (non-hydrogen) atoms. The van der Waals surface area contributed by atoms with E-state index in [0.29, 0.717) is 0 Å². The van der Waals surface area contributed by atoms with Gasteiger partial charge in [0, 0.05) is 0 Å². The fourth-order valence-corrected chi connectivity index (χ4v) is 2.38. The molecule has 0 saturated heterocycles. The molecular formula is C13H15BrN2O2. The number of hydrogen-bond acceptors (Lipinski definition) is 4. The van der Waals surface area contributed by atoms with Gasteiger partial charge in [-0.05, 0) is 51.7 Å². The monoisotopic (exact) mass is 310 g/mol. The molecule has 0 saturated carbocycles. The predicted molar refractivity (Wildman–Crippen MR) is 73.2 cm³/mol. The number of hydrogen-bond donors (Lipinski definition) is 2. The largest absolute Gasteiger partial charge is 0.496 e. The Labute approximate surface area is 114 Å². The van der Waals surface area contributed by atoms with Crippen molar-refractivity contribution >= 4 is 15.9 Å². The van der Waals surface area contributed by atoms with Crippen molar-refractivity contribution in [2.24, 2.45) is 5.84 Å². The summed E-state index contributed by atoms with van der Waals surface area (Å²) in [7, 11) is 1.64. The first kappa shape index (κ1) is 13.1. The van der Waals surface area contributed by atoms with E-state index in [2.05, 4.69) is 21.4 Å². The highest BCUT2D eigenvalue weighted by Gasteiger charge is 2.13. The Morgan fingerprint density at radius 1 is 1.44 bits per heavy atom. The molecule has 1 atom stereocenters. The Hall–Kier alpha value is -1.30. The molecule has 1 heterocycles. The number of nitrogens with two attached hydrogens (primary N) is 1. The highest BCUT2D eigenvalue weighted by Crippen LogP contribution is 2.29. The zero-order valence-corrected chi connectivity index (χ0v) is 11.6. The Balaban J connectivity index is 2.19. The molecule has 0 radical (unpaired) electrons.